The van der Waals surface area contributed by atoms with E-state index in [4.69, 9.17) is 4.74 Å². The lowest BCUT2D eigenvalue weighted by Gasteiger charge is -2.08. The summed E-state index contributed by atoms with van der Waals surface area (Å²) in [5.74, 6) is -0.127. The number of rotatable bonds is 7. The molecule has 3 N–H and O–H groups in total. The smallest absolute Gasteiger partial charge is 0.319 e. The summed E-state index contributed by atoms with van der Waals surface area (Å²) < 4.78 is 5.17. The minimum Gasteiger partial charge on any atom is -0.382 e. The maximum absolute atomic E-state index is 11.6. The van der Waals surface area contributed by atoms with Crippen molar-refractivity contribution in [3.63, 3.8) is 0 Å². The Morgan fingerprint density at radius 3 is 2.25 bits per heavy atom. The second kappa shape index (κ2) is 8.92. The van der Waals surface area contributed by atoms with Crippen LogP contribution in [0.3, 0.4) is 0 Å². The van der Waals surface area contributed by atoms with E-state index < -0.39 is 0 Å². The van der Waals surface area contributed by atoms with Crippen molar-refractivity contribution in [3.05, 3.63) is 24.3 Å². The predicted octanol–water partition coefficient (Wildman–Crippen LogP) is 2.19. The Bertz CT molecular complexity index is 432. The first-order valence-electron chi connectivity index (χ1n) is 6.62. The van der Waals surface area contributed by atoms with Crippen molar-refractivity contribution in [2.75, 3.05) is 30.4 Å². The lowest BCUT2D eigenvalue weighted by atomic mass is 10.3. The first-order valence-corrected chi connectivity index (χ1v) is 6.62. The Morgan fingerprint density at radius 2 is 1.70 bits per heavy atom. The molecule has 0 heterocycles. The molecule has 0 spiro atoms. The largest absolute Gasteiger partial charge is 0.382 e. The van der Waals surface area contributed by atoms with Gasteiger partial charge in [0.2, 0.25) is 5.91 Å². The summed E-state index contributed by atoms with van der Waals surface area (Å²) in [5, 5.41) is 8.10. The lowest BCUT2D eigenvalue weighted by molar-refractivity contribution is -0.114. The Labute approximate surface area is 118 Å². The monoisotopic (exact) mass is 279 g/mol. The van der Waals surface area contributed by atoms with Crippen LogP contribution in [0.25, 0.3) is 0 Å². The number of ether oxygens (including phenoxy) is 1. The topological polar surface area (TPSA) is 79.5 Å². The van der Waals surface area contributed by atoms with E-state index in [-0.39, 0.29) is 11.9 Å². The Balaban J connectivity index is 2.29. The highest BCUT2D eigenvalue weighted by atomic mass is 16.5. The van der Waals surface area contributed by atoms with E-state index in [0.29, 0.717) is 31.1 Å². The Hall–Kier alpha value is -2.08. The minimum absolute atomic E-state index is 0.127. The second-order valence-corrected chi connectivity index (χ2v) is 4.19. The number of hydrogen-bond acceptors (Lipinski definition) is 3. The third-order valence-electron chi connectivity index (χ3n) is 2.42. The van der Waals surface area contributed by atoms with Gasteiger partial charge >= 0.3 is 6.03 Å². The summed E-state index contributed by atoms with van der Waals surface area (Å²) in [6, 6.07) is 6.66. The van der Waals surface area contributed by atoms with Gasteiger partial charge in [-0.1, -0.05) is 0 Å². The van der Waals surface area contributed by atoms with E-state index in [1.807, 2.05) is 6.92 Å². The van der Waals surface area contributed by atoms with Crippen LogP contribution in [0, 0.1) is 0 Å². The highest BCUT2D eigenvalue weighted by Crippen LogP contribution is 2.13. The average Bonchev–Trinajstić information content (AvgIpc) is 2.40. The van der Waals surface area contributed by atoms with Crippen molar-refractivity contribution >= 4 is 23.3 Å². The number of carbonyl (C=O) groups excluding carboxylic acids is 2. The number of hydrogen-bond donors (Lipinski definition) is 3. The molecule has 6 heteroatoms. The van der Waals surface area contributed by atoms with Crippen LogP contribution in [0.4, 0.5) is 16.2 Å². The number of urea groups is 1. The number of anilines is 2. The number of benzene rings is 1. The molecule has 0 aliphatic carbocycles. The maximum Gasteiger partial charge on any atom is 0.319 e. The number of nitrogens with one attached hydrogen (secondary N) is 3. The van der Waals surface area contributed by atoms with Crippen molar-refractivity contribution in [1.29, 1.82) is 0 Å². The van der Waals surface area contributed by atoms with Gasteiger partial charge in [0, 0.05) is 38.1 Å². The molecule has 110 valence electrons. The SMILES string of the molecule is CCOCCCNC(=O)Nc1ccc(NC(C)=O)cc1. The first kappa shape index (κ1) is 16.0. The Morgan fingerprint density at radius 1 is 1.10 bits per heavy atom. The van der Waals surface area contributed by atoms with Gasteiger partial charge in [-0.05, 0) is 37.6 Å². The summed E-state index contributed by atoms with van der Waals surface area (Å²) in [5.41, 5.74) is 1.36. The molecular weight excluding hydrogens is 258 g/mol. The van der Waals surface area contributed by atoms with Crippen molar-refractivity contribution in [3.8, 4) is 0 Å². The van der Waals surface area contributed by atoms with Crippen LogP contribution in [0.2, 0.25) is 0 Å². The van der Waals surface area contributed by atoms with Crippen molar-refractivity contribution in [1.82, 2.24) is 5.32 Å². The van der Waals surface area contributed by atoms with Gasteiger partial charge in [-0.25, -0.2) is 4.79 Å². The molecule has 0 unspecified atom stereocenters. The lowest BCUT2D eigenvalue weighted by Crippen LogP contribution is -2.30. The molecule has 0 fully saturated rings. The standard InChI is InChI=1S/C14H21N3O3/c1-3-20-10-4-9-15-14(19)17-13-7-5-12(6-8-13)16-11(2)18/h5-8H,3-4,9-10H2,1-2H3,(H,16,18)(H2,15,17,19). The van der Waals surface area contributed by atoms with E-state index in [1.165, 1.54) is 6.92 Å². The fourth-order valence-corrected chi connectivity index (χ4v) is 1.54. The molecule has 0 saturated heterocycles. The van der Waals surface area contributed by atoms with Crippen LogP contribution in [-0.2, 0) is 9.53 Å². The van der Waals surface area contributed by atoms with Crippen LogP contribution < -0.4 is 16.0 Å². The summed E-state index contributed by atoms with van der Waals surface area (Å²) in [4.78, 5) is 22.4. The summed E-state index contributed by atoms with van der Waals surface area (Å²) in [6.07, 6.45) is 0.780. The van der Waals surface area contributed by atoms with Gasteiger partial charge in [0.25, 0.3) is 0 Å². The van der Waals surface area contributed by atoms with E-state index in [0.717, 1.165) is 6.42 Å². The van der Waals surface area contributed by atoms with Crippen molar-refractivity contribution in [2.24, 2.45) is 0 Å². The molecule has 0 aliphatic rings. The molecular formula is C14H21N3O3. The quantitative estimate of drug-likeness (QED) is 0.669. The molecule has 0 bridgehead atoms. The zero-order valence-electron chi connectivity index (χ0n) is 11.9. The molecule has 0 aliphatic heterocycles. The molecule has 3 amide bonds. The third kappa shape index (κ3) is 6.75. The Kier molecular flexibility index (Phi) is 7.13. The zero-order chi connectivity index (χ0) is 14.8. The van der Waals surface area contributed by atoms with Gasteiger partial charge in [-0.3, -0.25) is 4.79 Å². The van der Waals surface area contributed by atoms with Gasteiger partial charge in [-0.2, -0.15) is 0 Å². The van der Waals surface area contributed by atoms with Gasteiger partial charge < -0.3 is 20.7 Å². The third-order valence-corrected chi connectivity index (χ3v) is 2.42. The summed E-state index contributed by atoms with van der Waals surface area (Å²) in [6.45, 7) is 5.28. The molecule has 1 rings (SSSR count). The van der Waals surface area contributed by atoms with Gasteiger partial charge in [0.05, 0.1) is 0 Å². The van der Waals surface area contributed by atoms with Crippen LogP contribution in [0.5, 0.6) is 0 Å². The number of carbonyl (C=O) groups is 2. The first-order chi connectivity index (χ1) is 9.61. The minimum atomic E-state index is -0.256. The zero-order valence-corrected chi connectivity index (χ0v) is 11.9. The van der Waals surface area contributed by atoms with Gasteiger partial charge in [0.1, 0.15) is 0 Å². The molecule has 0 atom stereocenters. The van der Waals surface area contributed by atoms with Crippen molar-refractivity contribution in [2.45, 2.75) is 20.3 Å². The van der Waals surface area contributed by atoms with Crippen LogP contribution in [-0.4, -0.2) is 31.7 Å². The van der Waals surface area contributed by atoms with Crippen LogP contribution >= 0.6 is 0 Å². The fourth-order valence-electron chi connectivity index (χ4n) is 1.54. The van der Waals surface area contributed by atoms with Crippen molar-refractivity contribution < 1.29 is 14.3 Å². The highest BCUT2D eigenvalue weighted by molar-refractivity contribution is 5.91. The van der Waals surface area contributed by atoms with E-state index in [2.05, 4.69) is 16.0 Å². The summed E-state index contributed by atoms with van der Waals surface area (Å²) in [7, 11) is 0. The maximum atomic E-state index is 11.6. The normalized spacial score (nSPS) is 9.90. The van der Waals surface area contributed by atoms with E-state index >= 15 is 0 Å². The number of amides is 3. The summed E-state index contributed by atoms with van der Waals surface area (Å²) >= 11 is 0. The fraction of sp³-hybridized carbons (Fsp3) is 0.429. The molecule has 0 saturated carbocycles. The molecule has 0 aromatic heterocycles. The van der Waals surface area contributed by atoms with Gasteiger partial charge in [0.15, 0.2) is 0 Å². The molecule has 6 nitrogen and oxygen atoms in total. The average molecular weight is 279 g/mol. The van der Waals surface area contributed by atoms with Crippen LogP contribution in [0.1, 0.15) is 20.3 Å². The molecule has 0 radical (unpaired) electrons. The van der Waals surface area contributed by atoms with E-state index in [9.17, 15) is 9.59 Å². The van der Waals surface area contributed by atoms with Crippen LogP contribution in [0.15, 0.2) is 24.3 Å². The second-order valence-electron chi connectivity index (χ2n) is 4.19. The highest BCUT2D eigenvalue weighted by Gasteiger charge is 2.01. The predicted molar refractivity (Wildman–Crippen MR) is 78.9 cm³/mol. The van der Waals surface area contributed by atoms with E-state index in [1.54, 1.807) is 24.3 Å². The van der Waals surface area contributed by atoms with Gasteiger partial charge in [-0.15, -0.1) is 0 Å². The molecule has 1 aromatic rings. The molecule has 1 aromatic carbocycles. The molecule has 20 heavy (non-hydrogen) atoms.